The van der Waals surface area contributed by atoms with E-state index in [1.807, 2.05) is 30.0 Å². The normalized spacial score (nSPS) is 11.1. The number of thioether (sulfide) groups is 2. The lowest BCUT2D eigenvalue weighted by atomic mass is 10.1. The molecule has 0 unspecified atom stereocenters. The van der Waals surface area contributed by atoms with Gasteiger partial charge in [-0.3, -0.25) is 0 Å². The Labute approximate surface area is 133 Å². The lowest BCUT2D eigenvalue weighted by Crippen LogP contribution is -1.90. The average Bonchev–Trinajstić information content (AvgIpc) is 2.91. The molecule has 0 aliphatic heterocycles. The topological polar surface area (TPSA) is 28.7 Å². The largest absolute Gasteiger partial charge is 0.333 e. The van der Waals surface area contributed by atoms with Crippen molar-refractivity contribution in [3.05, 3.63) is 53.6 Å². The lowest BCUT2D eigenvalue weighted by Gasteiger charge is -2.09. The molecule has 2 nitrogen and oxygen atoms in total. The van der Waals surface area contributed by atoms with E-state index < -0.39 is 0 Å². The summed E-state index contributed by atoms with van der Waals surface area (Å²) < 4.78 is 0. The Morgan fingerprint density at radius 3 is 2.71 bits per heavy atom. The molecule has 0 aliphatic carbocycles. The van der Waals surface area contributed by atoms with Crippen molar-refractivity contribution >= 4 is 34.6 Å². The molecule has 0 amide bonds. The fraction of sp³-hybridized carbons (Fsp3) is 0.235. The maximum absolute atomic E-state index is 4.62. The summed E-state index contributed by atoms with van der Waals surface area (Å²) in [5, 5.41) is 0.990. The van der Waals surface area contributed by atoms with Crippen LogP contribution in [0.3, 0.4) is 0 Å². The van der Waals surface area contributed by atoms with Gasteiger partial charge in [-0.15, -0.1) is 11.8 Å². The first kappa shape index (κ1) is 14.5. The minimum absolute atomic E-state index is 0.948. The minimum atomic E-state index is 0.948. The number of fused-ring (bicyclic) bond motifs is 1. The Morgan fingerprint density at radius 2 is 1.90 bits per heavy atom. The smallest absolute Gasteiger partial charge is 0.166 e. The molecule has 0 bridgehead atoms. The summed E-state index contributed by atoms with van der Waals surface area (Å²) in [6, 6.07) is 14.7. The third-order valence-electron chi connectivity index (χ3n) is 3.43. The van der Waals surface area contributed by atoms with Gasteiger partial charge in [-0.2, -0.15) is 0 Å². The summed E-state index contributed by atoms with van der Waals surface area (Å²) in [5.41, 5.74) is 4.92. The first-order valence-corrected chi connectivity index (χ1v) is 9.04. The molecule has 21 heavy (non-hydrogen) atoms. The van der Waals surface area contributed by atoms with Crippen LogP contribution in [-0.4, -0.2) is 15.7 Å². The Balaban J connectivity index is 1.76. The molecule has 0 saturated carbocycles. The van der Waals surface area contributed by atoms with Crippen molar-refractivity contribution in [1.82, 2.24) is 9.97 Å². The standard InChI is InChI=1S/C17H18N2S2/c1-3-20-16-10-6-7-13(12(16)2)11-21-17-18-14-8-4-5-9-15(14)19-17/h4-10H,3,11H2,1-2H3,(H,18,19). The summed E-state index contributed by atoms with van der Waals surface area (Å²) in [7, 11) is 0. The molecule has 0 atom stereocenters. The Morgan fingerprint density at radius 1 is 1.05 bits per heavy atom. The molecule has 0 aliphatic rings. The number of nitrogens with zero attached hydrogens (tertiary/aromatic N) is 1. The Hall–Kier alpha value is -1.39. The molecule has 1 N–H and O–H groups in total. The van der Waals surface area contributed by atoms with Crippen molar-refractivity contribution in [2.24, 2.45) is 0 Å². The van der Waals surface area contributed by atoms with Crippen molar-refractivity contribution < 1.29 is 0 Å². The van der Waals surface area contributed by atoms with Crippen LogP contribution in [0.5, 0.6) is 0 Å². The zero-order valence-corrected chi connectivity index (χ0v) is 13.9. The SMILES string of the molecule is CCSc1cccc(CSc2nc3ccccc3[nH]2)c1C. The van der Waals surface area contributed by atoms with E-state index >= 15 is 0 Å². The number of para-hydroxylation sites is 2. The van der Waals surface area contributed by atoms with E-state index in [1.54, 1.807) is 11.8 Å². The maximum Gasteiger partial charge on any atom is 0.166 e. The molecule has 0 radical (unpaired) electrons. The van der Waals surface area contributed by atoms with Gasteiger partial charge in [0.25, 0.3) is 0 Å². The van der Waals surface area contributed by atoms with Crippen molar-refractivity contribution in [3.8, 4) is 0 Å². The maximum atomic E-state index is 4.62. The predicted molar refractivity (Wildman–Crippen MR) is 93.2 cm³/mol. The third kappa shape index (κ3) is 3.27. The van der Waals surface area contributed by atoms with Crippen molar-refractivity contribution in [3.63, 3.8) is 0 Å². The van der Waals surface area contributed by atoms with Gasteiger partial charge in [0.05, 0.1) is 11.0 Å². The van der Waals surface area contributed by atoms with Crippen LogP contribution in [0.1, 0.15) is 18.1 Å². The van der Waals surface area contributed by atoms with E-state index in [4.69, 9.17) is 0 Å². The molecule has 0 spiro atoms. The van der Waals surface area contributed by atoms with Gasteiger partial charge in [-0.1, -0.05) is 43.0 Å². The highest BCUT2D eigenvalue weighted by Crippen LogP contribution is 2.29. The Bertz CT molecular complexity index is 716. The van der Waals surface area contributed by atoms with Crippen LogP contribution < -0.4 is 0 Å². The van der Waals surface area contributed by atoms with Gasteiger partial charge >= 0.3 is 0 Å². The number of aromatic nitrogens is 2. The first-order valence-electron chi connectivity index (χ1n) is 7.06. The summed E-state index contributed by atoms with van der Waals surface area (Å²) in [5.74, 6) is 2.06. The van der Waals surface area contributed by atoms with Gasteiger partial charge < -0.3 is 4.98 Å². The van der Waals surface area contributed by atoms with Gasteiger partial charge in [0.15, 0.2) is 5.16 Å². The van der Waals surface area contributed by atoms with Gasteiger partial charge in [0.1, 0.15) is 0 Å². The molecule has 1 aromatic heterocycles. The monoisotopic (exact) mass is 314 g/mol. The van der Waals surface area contributed by atoms with E-state index in [-0.39, 0.29) is 0 Å². The van der Waals surface area contributed by atoms with E-state index in [0.717, 1.165) is 27.7 Å². The molecular weight excluding hydrogens is 296 g/mol. The predicted octanol–water partition coefficient (Wildman–Crippen LogP) is 5.28. The third-order valence-corrected chi connectivity index (χ3v) is 5.39. The lowest BCUT2D eigenvalue weighted by molar-refractivity contribution is 1.08. The van der Waals surface area contributed by atoms with E-state index in [1.165, 1.54) is 16.0 Å². The fourth-order valence-electron chi connectivity index (χ4n) is 2.27. The zero-order chi connectivity index (χ0) is 14.7. The van der Waals surface area contributed by atoms with Crippen molar-refractivity contribution in [2.75, 3.05) is 5.75 Å². The highest BCUT2D eigenvalue weighted by atomic mass is 32.2. The minimum Gasteiger partial charge on any atom is -0.333 e. The molecule has 3 aromatic rings. The molecule has 108 valence electrons. The van der Waals surface area contributed by atoms with Gasteiger partial charge in [0, 0.05) is 10.6 Å². The highest BCUT2D eigenvalue weighted by Gasteiger charge is 2.07. The number of nitrogens with one attached hydrogen (secondary N) is 1. The van der Waals surface area contributed by atoms with E-state index in [2.05, 4.69) is 48.1 Å². The van der Waals surface area contributed by atoms with Crippen LogP contribution in [0.2, 0.25) is 0 Å². The second kappa shape index (κ2) is 6.58. The van der Waals surface area contributed by atoms with Gasteiger partial charge in [0.2, 0.25) is 0 Å². The average molecular weight is 314 g/mol. The summed E-state index contributed by atoms with van der Waals surface area (Å²) in [4.78, 5) is 9.38. The van der Waals surface area contributed by atoms with E-state index in [0.29, 0.717) is 0 Å². The number of benzene rings is 2. The van der Waals surface area contributed by atoms with Crippen LogP contribution in [0.15, 0.2) is 52.5 Å². The van der Waals surface area contributed by atoms with E-state index in [9.17, 15) is 0 Å². The number of imidazole rings is 1. The van der Waals surface area contributed by atoms with Crippen LogP contribution in [0, 0.1) is 6.92 Å². The summed E-state index contributed by atoms with van der Waals surface area (Å²) in [6.07, 6.45) is 0. The zero-order valence-electron chi connectivity index (χ0n) is 12.2. The summed E-state index contributed by atoms with van der Waals surface area (Å²) in [6.45, 7) is 4.41. The van der Waals surface area contributed by atoms with Crippen LogP contribution >= 0.6 is 23.5 Å². The Kier molecular flexibility index (Phi) is 4.56. The van der Waals surface area contributed by atoms with Crippen molar-refractivity contribution in [1.29, 1.82) is 0 Å². The second-order valence-corrected chi connectivity index (χ2v) is 7.09. The number of hydrogen-bond acceptors (Lipinski definition) is 3. The molecule has 3 rings (SSSR count). The molecule has 2 aromatic carbocycles. The fourth-order valence-corrected chi connectivity index (χ4v) is 4.06. The summed E-state index contributed by atoms with van der Waals surface area (Å²) >= 11 is 3.67. The number of H-pyrrole nitrogens is 1. The number of rotatable bonds is 5. The van der Waals surface area contributed by atoms with Crippen LogP contribution in [-0.2, 0) is 5.75 Å². The van der Waals surface area contributed by atoms with Crippen LogP contribution in [0.4, 0.5) is 0 Å². The first-order chi connectivity index (χ1) is 10.3. The van der Waals surface area contributed by atoms with Gasteiger partial charge in [-0.05, 0) is 42.0 Å². The second-order valence-electron chi connectivity index (χ2n) is 4.82. The van der Waals surface area contributed by atoms with Crippen molar-refractivity contribution in [2.45, 2.75) is 29.7 Å². The number of aromatic amines is 1. The van der Waals surface area contributed by atoms with Gasteiger partial charge in [-0.25, -0.2) is 4.98 Å². The molecule has 1 heterocycles. The number of hydrogen-bond donors (Lipinski definition) is 1. The van der Waals surface area contributed by atoms with Crippen LogP contribution in [0.25, 0.3) is 11.0 Å². The molecular formula is C17H18N2S2. The quantitative estimate of drug-likeness (QED) is 0.650. The molecule has 0 fully saturated rings. The molecule has 0 saturated heterocycles. The molecule has 4 heteroatoms. The highest BCUT2D eigenvalue weighted by molar-refractivity contribution is 7.99.